The lowest BCUT2D eigenvalue weighted by atomic mass is 10.3. The van der Waals surface area contributed by atoms with Gasteiger partial charge in [0.25, 0.3) is 0 Å². The van der Waals surface area contributed by atoms with E-state index in [1.165, 1.54) is 30.2 Å². The Morgan fingerprint density at radius 2 is 1.40 bits per heavy atom. The molecule has 146 valence electrons. The highest BCUT2D eigenvalue weighted by molar-refractivity contribution is 5.87. The number of carbonyl (C=O) groups is 1. The van der Waals surface area contributed by atoms with Gasteiger partial charge in [0.1, 0.15) is 0 Å². The first-order chi connectivity index (χ1) is 11.9. The molecular weight excluding hydrogens is 318 g/mol. The molecule has 0 aliphatic rings. The van der Waals surface area contributed by atoms with Crippen LogP contribution in [-0.2, 0) is 19.0 Å². The van der Waals surface area contributed by atoms with E-state index in [0.717, 1.165) is 0 Å². The predicted molar refractivity (Wildman–Crippen MR) is 104 cm³/mol. The number of rotatable bonds is 11. The maximum Gasteiger partial charge on any atom is 0.246 e. The van der Waals surface area contributed by atoms with Crippen molar-refractivity contribution in [3.05, 3.63) is 36.0 Å². The molecule has 0 rings (SSSR count). The minimum atomic E-state index is -0.139. The standard InChI is InChI=1S/C15H25NO4.C5H12/c1-7-18-12(4)15(20-9-3)13(19-8-2)10-11-14(17)16(5)6;1-3-5-4-2/h10-11H,4,7-9H2,1-3,5-6H3;3-5H2,1-2H3/b11-10+,15-13-;. The van der Waals surface area contributed by atoms with Crippen molar-refractivity contribution in [1.29, 1.82) is 0 Å². The summed E-state index contributed by atoms with van der Waals surface area (Å²) in [6.45, 7) is 15.2. The zero-order valence-corrected chi connectivity index (χ0v) is 17.2. The molecule has 0 spiro atoms. The minimum Gasteiger partial charge on any atom is -0.490 e. The number of likely N-dealkylation sites (N-methyl/N-ethyl adjacent to an activating group) is 1. The van der Waals surface area contributed by atoms with Gasteiger partial charge >= 0.3 is 0 Å². The molecule has 0 bridgehead atoms. The van der Waals surface area contributed by atoms with Gasteiger partial charge in [0.05, 0.1) is 19.8 Å². The lowest BCUT2D eigenvalue weighted by Gasteiger charge is -2.16. The van der Waals surface area contributed by atoms with Gasteiger partial charge in [-0.05, 0) is 26.8 Å². The van der Waals surface area contributed by atoms with Crippen LogP contribution < -0.4 is 0 Å². The first kappa shape index (κ1) is 25.3. The lowest BCUT2D eigenvalue weighted by Crippen LogP contribution is -2.19. The SMILES string of the molecule is C=C(OCC)/C(OCC)=C(\C=C\C(=O)N(C)C)OCC.CCCCC. The highest BCUT2D eigenvalue weighted by atomic mass is 16.5. The fraction of sp³-hybridized carbons (Fsp3) is 0.650. The lowest BCUT2D eigenvalue weighted by molar-refractivity contribution is -0.123. The molecule has 5 heteroatoms. The van der Waals surface area contributed by atoms with Gasteiger partial charge in [0.2, 0.25) is 11.7 Å². The summed E-state index contributed by atoms with van der Waals surface area (Å²) in [6, 6.07) is 0. The molecule has 1 amide bonds. The molecule has 0 radical (unpaired) electrons. The van der Waals surface area contributed by atoms with E-state index in [1.807, 2.05) is 20.8 Å². The van der Waals surface area contributed by atoms with Gasteiger partial charge in [-0.25, -0.2) is 0 Å². The average Bonchev–Trinajstić information content (AvgIpc) is 2.57. The Labute approximate surface area is 154 Å². The molecule has 0 aromatic carbocycles. The van der Waals surface area contributed by atoms with Crippen LogP contribution >= 0.6 is 0 Å². The summed E-state index contributed by atoms with van der Waals surface area (Å²) in [7, 11) is 3.36. The van der Waals surface area contributed by atoms with Crippen LogP contribution in [0, 0.1) is 0 Å². The summed E-state index contributed by atoms with van der Waals surface area (Å²) < 4.78 is 16.4. The fourth-order valence-corrected chi connectivity index (χ4v) is 1.67. The second kappa shape index (κ2) is 16.9. The molecule has 0 aromatic rings. The first-order valence-electron chi connectivity index (χ1n) is 9.10. The Balaban J connectivity index is 0. The van der Waals surface area contributed by atoms with Crippen LogP contribution in [0.4, 0.5) is 0 Å². The zero-order chi connectivity index (χ0) is 19.7. The summed E-state index contributed by atoms with van der Waals surface area (Å²) in [5.74, 6) is 1.10. The number of carbonyl (C=O) groups excluding carboxylic acids is 1. The monoisotopic (exact) mass is 355 g/mol. The van der Waals surface area contributed by atoms with E-state index in [1.54, 1.807) is 20.2 Å². The average molecular weight is 356 g/mol. The number of unbranched alkanes of at least 4 members (excludes halogenated alkanes) is 2. The number of nitrogens with zero attached hydrogens (tertiary/aromatic N) is 1. The summed E-state index contributed by atoms with van der Waals surface area (Å²) in [4.78, 5) is 13.1. The van der Waals surface area contributed by atoms with Gasteiger partial charge in [-0.1, -0.05) is 39.7 Å². The second-order valence-electron chi connectivity index (χ2n) is 5.34. The maximum atomic E-state index is 11.6. The van der Waals surface area contributed by atoms with Crippen molar-refractivity contribution in [3.8, 4) is 0 Å². The first-order valence-corrected chi connectivity index (χ1v) is 9.10. The molecule has 0 aliphatic carbocycles. The van der Waals surface area contributed by atoms with Gasteiger partial charge in [0, 0.05) is 20.2 Å². The number of ether oxygens (including phenoxy) is 3. The van der Waals surface area contributed by atoms with Crippen LogP contribution in [0.5, 0.6) is 0 Å². The van der Waals surface area contributed by atoms with Crippen LogP contribution in [-0.4, -0.2) is 44.7 Å². The molecule has 0 unspecified atom stereocenters. The Kier molecular flexibility index (Phi) is 17.2. The Hall–Kier alpha value is -1.91. The molecule has 0 aromatic heterocycles. The van der Waals surface area contributed by atoms with Gasteiger partial charge < -0.3 is 19.1 Å². The van der Waals surface area contributed by atoms with Gasteiger partial charge in [-0.15, -0.1) is 0 Å². The van der Waals surface area contributed by atoms with Crippen molar-refractivity contribution in [2.24, 2.45) is 0 Å². The van der Waals surface area contributed by atoms with Crippen molar-refractivity contribution >= 4 is 5.91 Å². The Morgan fingerprint density at radius 3 is 1.76 bits per heavy atom. The molecule has 25 heavy (non-hydrogen) atoms. The van der Waals surface area contributed by atoms with Crippen LogP contribution in [0.2, 0.25) is 0 Å². The smallest absolute Gasteiger partial charge is 0.246 e. The second-order valence-corrected chi connectivity index (χ2v) is 5.34. The highest BCUT2D eigenvalue weighted by Crippen LogP contribution is 2.18. The van der Waals surface area contributed by atoms with Crippen LogP contribution in [0.1, 0.15) is 53.9 Å². The molecule has 5 nitrogen and oxygen atoms in total. The normalized spacial score (nSPS) is 11.2. The van der Waals surface area contributed by atoms with Crippen molar-refractivity contribution in [2.75, 3.05) is 33.9 Å². The molecule has 0 aliphatic heterocycles. The van der Waals surface area contributed by atoms with E-state index < -0.39 is 0 Å². The largest absolute Gasteiger partial charge is 0.490 e. The zero-order valence-electron chi connectivity index (χ0n) is 17.2. The van der Waals surface area contributed by atoms with E-state index in [2.05, 4.69) is 20.4 Å². The van der Waals surface area contributed by atoms with Crippen LogP contribution in [0.25, 0.3) is 0 Å². The highest BCUT2D eigenvalue weighted by Gasteiger charge is 2.13. The molecule has 0 heterocycles. The summed E-state index contributed by atoms with van der Waals surface area (Å²) >= 11 is 0. The minimum absolute atomic E-state index is 0.139. The number of hydrogen-bond donors (Lipinski definition) is 0. The third-order valence-electron chi connectivity index (χ3n) is 2.91. The van der Waals surface area contributed by atoms with Crippen molar-refractivity contribution in [2.45, 2.75) is 53.9 Å². The quantitative estimate of drug-likeness (QED) is 0.307. The van der Waals surface area contributed by atoms with Crippen LogP contribution in [0.3, 0.4) is 0 Å². The topological polar surface area (TPSA) is 48.0 Å². The third kappa shape index (κ3) is 13.1. The van der Waals surface area contributed by atoms with Gasteiger partial charge in [0.15, 0.2) is 11.5 Å². The van der Waals surface area contributed by atoms with Gasteiger partial charge in [-0.3, -0.25) is 4.79 Å². The Bertz CT molecular complexity index is 423. The van der Waals surface area contributed by atoms with Gasteiger partial charge in [-0.2, -0.15) is 0 Å². The molecule has 0 saturated heterocycles. The van der Waals surface area contributed by atoms with E-state index in [4.69, 9.17) is 14.2 Å². The summed E-state index contributed by atoms with van der Waals surface area (Å²) in [6.07, 6.45) is 7.07. The number of allylic oxidation sites excluding steroid dienone is 1. The predicted octanol–water partition coefficient (Wildman–Crippen LogP) is 4.66. The number of amides is 1. The molecular formula is C20H37NO4. The molecule has 0 atom stereocenters. The fourth-order valence-electron chi connectivity index (χ4n) is 1.67. The number of hydrogen-bond acceptors (Lipinski definition) is 4. The maximum absolute atomic E-state index is 11.6. The van der Waals surface area contributed by atoms with Crippen molar-refractivity contribution in [3.63, 3.8) is 0 Å². The van der Waals surface area contributed by atoms with Crippen LogP contribution in [0.15, 0.2) is 36.0 Å². The summed E-state index contributed by atoms with van der Waals surface area (Å²) in [5, 5.41) is 0. The summed E-state index contributed by atoms with van der Waals surface area (Å²) in [5.41, 5.74) is 0. The Morgan fingerprint density at radius 1 is 0.880 bits per heavy atom. The van der Waals surface area contributed by atoms with E-state index >= 15 is 0 Å². The molecule has 0 N–H and O–H groups in total. The molecule has 0 saturated carbocycles. The van der Waals surface area contributed by atoms with Crippen molar-refractivity contribution < 1.29 is 19.0 Å². The molecule has 0 fully saturated rings. The third-order valence-corrected chi connectivity index (χ3v) is 2.91. The van der Waals surface area contributed by atoms with E-state index in [0.29, 0.717) is 37.1 Å². The van der Waals surface area contributed by atoms with E-state index in [-0.39, 0.29) is 5.91 Å². The van der Waals surface area contributed by atoms with Crippen molar-refractivity contribution in [1.82, 2.24) is 4.90 Å². The van der Waals surface area contributed by atoms with E-state index in [9.17, 15) is 4.79 Å².